The Labute approximate surface area is 313 Å². The van der Waals surface area contributed by atoms with Crippen molar-refractivity contribution in [3.05, 3.63) is 195 Å². The van der Waals surface area contributed by atoms with Crippen molar-refractivity contribution in [3.8, 4) is 28.4 Å². The fraction of sp³-hybridized carbons (Fsp3) is 0. The standard InChI is InChI=1S/C47H33N3OSSi/c1-49-30-14-23-40-39-27-28-44-46(52-42-25-8-9-26-43(42)53(44,37-19-4-2-5-20-37)38-21-6-3-7-22-38)45(39)50(47(40)49)34-16-13-18-36(32-34)51-35-17-12-15-33(31-35)41-24-10-11-29-48-41/h2-32H,1H2. The van der Waals surface area contributed by atoms with Gasteiger partial charge in [0, 0.05) is 33.5 Å². The van der Waals surface area contributed by atoms with Crippen LogP contribution in [0.25, 0.3) is 38.9 Å². The van der Waals surface area contributed by atoms with Gasteiger partial charge in [-0.3, -0.25) is 4.98 Å². The van der Waals surface area contributed by atoms with Crippen molar-refractivity contribution in [1.29, 1.82) is 0 Å². The first-order valence-corrected chi connectivity index (χ1v) is 20.5. The van der Waals surface area contributed by atoms with Gasteiger partial charge in [-0.15, -0.1) is 0 Å². The molecule has 0 saturated heterocycles. The summed E-state index contributed by atoms with van der Waals surface area (Å²) in [5.41, 5.74) is 5.13. The van der Waals surface area contributed by atoms with Crippen molar-refractivity contribution >= 4 is 62.5 Å². The van der Waals surface area contributed by atoms with Gasteiger partial charge >= 0.3 is 0 Å². The van der Waals surface area contributed by atoms with Crippen LogP contribution in [0.5, 0.6) is 11.5 Å². The molecule has 0 spiro atoms. The molecule has 6 heteroatoms. The van der Waals surface area contributed by atoms with Crippen molar-refractivity contribution in [2.75, 3.05) is 0 Å². The van der Waals surface area contributed by atoms with E-state index < -0.39 is 8.07 Å². The van der Waals surface area contributed by atoms with Gasteiger partial charge < -0.3 is 9.30 Å². The van der Waals surface area contributed by atoms with Gasteiger partial charge in [0.1, 0.15) is 22.7 Å². The first-order chi connectivity index (χ1) is 26.2. The molecule has 0 unspecified atom stereocenters. The zero-order valence-corrected chi connectivity index (χ0v) is 30.6. The van der Waals surface area contributed by atoms with Gasteiger partial charge in [0.2, 0.25) is 0 Å². The van der Waals surface area contributed by atoms with E-state index in [-0.39, 0.29) is 0 Å². The summed E-state index contributed by atoms with van der Waals surface area (Å²) < 4.78 is 11.0. The molecule has 1 aliphatic rings. The molecule has 0 fully saturated rings. The Morgan fingerprint density at radius 2 is 1.32 bits per heavy atom. The predicted molar refractivity (Wildman–Crippen MR) is 219 cm³/mol. The predicted octanol–water partition coefficient (Wildman–Crippen LogP) is 8.41. The van der Waals surface area contributed by atoms with Gasteiger partial charge in [-0.25, -0.2) is 4.57 Å². The Morgan fingerprint density at radius 1 is 0.604 bits per heavy atom. The van der Waals surface area contributed by atoms with Crippen LogP contribution in [0.3, 0.4) is 0 Å². The van der Waals surface area contributed by atoms with Gasteiger partial charge in [-0.05, 0) is 76.5 Å². The minimum absolute atomic E-state index is 0.752. The number of rotatable bonds is 6. The molecule has 0 aliphatic carbocycles. The average molecular weight is 716 g/mol. The van der Waals surface area contributed by atoms with E-state index in [0.29, 0.717) is 0 Å². The minimum atomic E-state index is -2.76. The first kappa shape index (κ1) is 31.4. The molecule has 53 heavy (non-hydrogen) atoms. The topological polar surface area (TPSA) is 30.9 Å². The van der Waals surface area contributed by atoms with Crippen LogP contribution < -0.4 is 30.1 Å². The third kappa shape index (κ3) is 5.02. The van der Waals surface area contributed by atoms with Crippen molar-refractivity contribution < 1.29 is 9.30 Å². The lowest BCUT2D eigenvalue weighted by atomic mass is 10.1. The molecular weight excluding hydrogens is 683 g/mol. The summed E-state index contributed by atoms with van der Waals surface area (Å²) in [5.74, 6) is 1.51. The second-order valence-electron chi connectivity index (χ2n) is 13.3. The van der Waals surface area contributed by atoms with Crippen LogP contribution in [0.1, 0.15) is 0 Å². The summed E-state index contributed by atoms with van der Waals surface area (Å²) in [6.45, 7) is 0. The van der Waals surface area contributed by atoms with E-state index in [1.165, 1.54) is 41.4 Å². The normalized spacial score (nSPS) is 13.1. The molecule has 1 aliphatic heterocycles. The van der Waals surface area contributed by atoms with E-state index in [1.54, 1.807) is 0 Å². The van der Waals surface area contributed by atoms with E-state index >= 15 is 0 Å². The fourth-order valence-electron chi connectivity index (χ4n) is 8.13. The molecule has 9 aromatic rings. The van der Waals surface area contributed by atoms with Crippen LogP contribution in [0.4, 0.5) is 0 Å². The van der Waals surface area contributed by atoms with Crippen LogP contribution in [0.2, 0.25) is 0 Å². The molecule has 0 saturated carbocycles. The first-order valence-electron chi connectivity index (χ1n) is 17.7. The van der Waals surface area contributed by atoms with Gasteiger partial charge in [0.15, 0.2) is 13.7 Å². The number of fused-ring (bicyclic) bond motifs is 6. The molecule has 0 atom stereocenters. The van der Waals surface area contributed by atoms with Crippen LogP contribution in [0, 0.1) is 7.05 Å². The SMILES string of the molecule is [CH2-][n+]1cccc2c3ccc4c(c3n(-c3cccc(Oc5cccc(-c6ccccn6)c5)c3)c21)Sc1ccccc1[Si]4(c1ccccc1)c1ccccc1. The largest absolute Gasteiger partial charge is 0.457 e. The third-order valence-corrected chi connectivity index (χ3v) is 16.7. The quantitative estimate of drug-likeness (QED) is 0.0985. The van der Waals surface area contributed by atoms with Gasteiger partial charge in [-0.2, -0.15) is 0 Å². The second-order valence-corrected chi connectivity index (χ2v) is 18.1. The summed E-state index contributed by atoms with van der Waals surface area (Å²) in [6, 6.07) is 62.9. The lowest BCUT2D eigenvalue weighted by Gasteiger charge is -2.39. The molecular formula is C47H33N3OSSi. The number of nitrogens with zero attached hydrogens (tertiary/aromatic N) is 3. The summed E-state index contributed by atoms with van der Waals surface area (Å²) in [5, 5.41) is 7.91. The number of benzene rings is 6. The monoisotopic (exact) mass is 715 g/mol. The van der Waals surface area contributed by atoms with Crippen molar-refractivity contribution in [3.63, 3.8) is 0 Å². The maximum absolute atomic E-state index is 6.58. The second kappa shape index (κ2) is 12.7. The summed E-state index contributed by atoms with van der Waals surface area (Å²) in [6.07, 6.45) is 3.85. The van der Waals surface area contributed by atoms with E-state index in [4.69, 9.17) is 4.74 Å². The average Bonchev–Trinajstić information content (AvgIpc) is 3.57. The van der Waals surface area contributed by atoms with Crippen LogP contribution in [0.15, 0.2) is 198 Å². The Morgan fingerprint density at radius 3 is 2.09 bits per heavy atom. The summed E-state index contributed by atoms with van der Waals surface area (Å²) in [4.78, 5) is 7.13. The van der Waals surface area contributed by atoms with E-state index in [1.807, 2.05) is 71.2 Å². The van der Waals surface area contributed by atoms with Gasteiger partial charge in [0.05, 0.1) is 10.6 Å². The third-order valence-electron chi connectivity index (χ3n) is 10.3. The maximum Gasteiger partial charge on any atom is 0.192 e. The van der Waals surface area contributed by atoms with Crippen LogP contribution in [-0.2, 0) is 0 Å². The molecule has 0 radical (unpaired) electrons. The van der Waals surface area contributed by atoms with Crippen molar-refractivity contribution in [2.45, 2.75) is 9.79 Å². The van der Waals surface area contributed by atoms with Crippen LogP contribution >= 0.6 is 11.8 Å². The zero-order valence-electron chi connectivity index (χ0n) is 28.8. The van der Waals surface area contributed by atoms with E-state index in [0.717, 1.165) is 39.5 Å². The maximum atomic E-state index is 6.58. The number of aromatic nitrogens is 3. The Kier molecular flexibility index (Phi) is 7.53. The number of ether oxygens (including phenoxy) is 1. The molecule has 3 aromatic heterocycles. The molecule has 0 bridgehead atoms. The smallest absolute Gasteiger partial charge is 0.192 e. The highest BCUT2D eigenvalue weighted by Gasteiger charge is 2.48. The number of hydrogen-bond acceptors (Lipinski definition) is 3. The minimum Gasteiger partial charge on any atom is -0.457 e. The highest BCUT2D eigenvalue weighted by Crippen LogP contribution is 2.42. The molecule has 0 amide bonds. The molecule has 4 heterocycles. The van der Waals surface area contributed by atoms with Gasteiger partial charge in [0.25, 0.3) is 0 Å². The Balaban J connectivity index is 1.23. The molecule has 10 rings (SSSR count). The molecule has 0 N–H and O–H groups in total. The van der Waals surface area contributed by atoms with Crippen molar-refractivity contribution in [2.24, 2.45) is 0 Å². The fourth-order valence-corrected chi connectivity index (χ4v) is 15.2. The Hall–Kier alpha value is -6.34. The zero-order chi connectivity index (χ0) is 35.4. The highest BCUT2D eigenvalue weighted by molar-refractivity contribution is 8.00. The van der Waals surface area contributed by atoms with E-state index in [9.17, 15) is 0 Å². The van der Waals surface area contributed by atoms with Gasteiger partial charge in [-0.1, -0.05) is 139 Å². The molecule has 252 valence electrons. The highest BCUT2D eigenvalue weighted by atomic mass is 32.2. The molecule has 6 aromatic carbocycles. The lowest BCUT2D eigenvalue weighted by molar-refractivity contribution is -0.586. The van der Waals surface area contributed by atoms with Crippen molar-refractivity contribution in [1.82, 2.24) is 9.55 Å². The van der Waals surface area contributed by atoms with Crippen LogP contribution in [-0.4, -0.2) is 17.6 Å². The molecule has 4 nitrogen and oxygen atoms in total. The number of hydrogen-bond donors (Lipinski definition) is 0. The summed E-state index contributed by atoms with van der Waals surface area (Å²) >= 11 is 1.89. The lowest BCUT2D eigenvalue weighted by Crippen LogP contribution is -2.76. The Bertz CT molecular complexity index is 2760. The van der Waals surface area contributed by atoms with E-state index in [2.05, 4.69) is 150 Å². The number of pyridine rings is 2. The summed E-state index contributed by atoms with van der Waals surface area (Å²) in [7, 11) is 1.73.